The largest absolute Gasteiger partial charge is 0.379 e. The molecule has 1 aliphatic carbocycles. The third-order valence-corrected chi connectivity index (χ3v) is 7.89. The van der Waals surface area contributed by atoms with Crippen LogP contribution in [0.5, 0.6) is 0 Å². The molecule has 2 heterocycles. The number of ether oxygens (including phenoxy) is 1. The Morgan fingerprint density at radius 2 is 1.83 bits per heavy atom. The molecule has 3 aromatic rings. The standard InChI is InChI=1S/C31H33N3O2/c1-20-14-22(2-3-24(20)19-34-10-12-36-13-11-34)25-16-28-27-5-4-23(21-6-8-33-9-7-21)15-26(27)18-29(28)30(17-25)31(32)35/h2-6,14-17,33H,7-13,18-19H2,1H3,(H2,32,35). The average Bonchev–Trinajstić information content (AvgIpc) is 3.28. The minimum Gasteiger partial charge on any atom is -0.379 e. The Morgan fingerprint density at radius 1 is 1.00 bits per heavy atom. The van der Waals surface area contributed by atoms with Crippen molar-refractivity contribution in [3.05, 3.63) is 88.0 Å². The van der Waals surface area contributed by atoms with Crippen LogP contribution in [0.1, 0.15) is 44.6 Å². The van der Waals surface area contributed by atoms with Gasteiger partial charge in [0.25, 0.3) is 0 Å². The molecular formula is C31H33N3O2. The van der Waals surface area contributed by atoms with Crippen LogP contribution in [0.15, 0.2) is 54.6 Å². The Labute approximate surface area is 213 Å². The summed E-state index contributed by atoms with van der Waals surface area (Å²) in [5, 5.41) is 3.39. The van der Waals surface area contributed by atoms with Crippen LogP contribution in [0, 0.1) is 6.92 Å². The molecule has 0 unspecified atom stereocenters. The quantitative estimate of drug-likeness (QED) is 0.441. The molecule has 0 saturated carbocycles. The number of aryl methyl sites for hydroxylation is 1. The molecule has 0 atom stereocenters. The van der Waals surface area contributed by atoms with Crippen LogP contribution >= 0.6 is 0 Å². The van der Waals surface area contributed by atoms with Gasteiger partial charge in [0, 0.05) is 31.7 Å². The van der Waals surface area contributed by atoms with Gasteiger partial charge in [0.1, 0.15) is 0 Å². The number of carbonyl (C=O) groups excluding carboxylic acids is 1. The zero-order chi connectivity index (χ0) is 24.6. The van der Waals surface area contributed by atoms with E-state index in [1.54, 1.807) is 0 Å². The van der Waals surface area contributed by atoms with Crippen LogP contribution in [0.3, 0.4) is 0 Å². The maximum atomic E-state index is 12.5. The first-order chi connectivity index (χ1) is 17.6. The lowest BCUT2D eigenvalue weighted by molar-refractivity contribution is 0.0341. The van der Waals surface area contributed by atoms with Gasteiger partial charge in [0.2, 0.25) is 5.91 Å². The summed E-state index contributed by atoms with van der Waals surface area (Å²) < 4.78 is 5.49. The summed E-state index contributed by atoms with van der Waals surface area (Å²) in [6.45, 7) is 8.62. The molecule has 36 heavy (non-hydrogen) atoms. The first-order valence-electron chi connectivity index (χ1n) is 13.0. The van der Waals surface area contributed by atoms with Gasteiger partial charge in [0.15, 0.2) is 0 Å². The van der Waals surface area contributed by atoms with Crippen molar-refractivity contribution in [1.29, 1.82) is 0 Å². The molecule has 5 nitrogen and oxygen atoms in total. The number of nitrogens with two attached hydrogens (primary N) is 1. The van der Waals surface area contributed by atoms with Gasteiger partial charge in [-0.05, 0) is 94.1 Å². The lowest BCUT2D eigenvalue weighted by Gasteiger charge is -2.27. The number of morpholine rings is 1. The summed E-state index contributed by atoms with van der Waals surface area (Å²) in [4.78, 5) is 15.0. The molecule has 5 heteroatoms. The smallest absolute Gasteiger partial charge is 0.249 e. The number of rotatable bonds is 5. The van der Waals surface area contributed by atoms with Crippen molar-refractivity contribution in [2.24, 2.45) is 5.73 Å². The number of nitrogens with one attached hydrogen (secondary N) is 1. The first kappa shape index (κ1) is 23.2. The maximum absolute atomic E-state index is 12.5. The summed E-state index contributed by atoms with van der Waals surface area (Å²) in [5.74, 6) is -0.358. The Morgan fingerprint density at radius 3 is 2.58 bits per heavy atom. The number of benzene rings is 3. The molecule has 2 aliphatic heterocycles. The third kappa shape index (κ3) is 4.39. The minimum absolute atomic E-state index is 0.358. The van der Waals surface area contributed by atoms with E-state index in [9.17, 15) is 4.79 Å². The molecule has 1 fully saturated rings. The van der Waals surface area contributed by atoms with Crippen LogP contribution < -0.4 is 11.1 Å². The van der Waals surface area contributed by atoms with Gasteiger partial charge < -0.3 is 15.8 Å². The molecule has 6 rings (SSSR count). The summed E-state index contributed by atoms with van der Waals surface area (Å²) in [6.07, 6.45) is 4.08. The van der Waals surface area contributed by atoms with Gasteiger partial charge in [-0.2, -0.15) is 0 Å². The highest BCUT2D eigenvalue weighted by atomic mass is 16.5. The second-order valence-electron chi connectivity index (χ2n) is 10.2. The van der Waals surface area contributed by atoms with Crippen molar-refractivity contribution >= 4 is 11.5 Å². The predicted molar refractivity (Wildman–Crippen MR) is 145 cm³/mol. The van der Waals surface area contributed by atoms with Crippen LogP contribution in [-0.2, 0) is 17.7 Å². The van der Waals surface area contributed by atoms with E-state index in [-0.39, 0.29) is 5.91 Å². The van der Waals surface area contributed by atoms with E-state index in [4.69, 9.17) is 10.5 Å². The molecule has 0 radical (unpaired) electrons. The number of hydrogen-bond acceptors (Lipinski definition) is 4. The van der Waals surface area contributed by atoms with Gasteiger partial charge >= 0.3 is 0 Å². The monoisotopic (exact) mass is 479 g/mol. The Hall–Kier alpha value is -3.25. The average molecular weight is 480 g/mol. The molecule has 1 amide bonds. The van der Waals surface area contributed by atoms with E-state index >= 15 is 0 Å². The Kier molecular flexibility index (Phi) is 6.22. The molecule has 184 valence electrons. The van der Waals surface area contributed by atoms with Gasteiger partial charge in [-0.3, -0.25) is 9.69 Å². The minimum atomic E-state index is -0.358. The van der Waals surface area contributed by atoms with Crippen molar-refractivity contribution in [2.75, 3.05) is 39.4 Å². The van der Waals surface area contributed by atoms with Gasteiger partial charge in [-0.1, -0.05) is 42.5 Å². The van der Waals surface area contributed by atoms with Crippen molar-refractivity contribution in [1.82, 2.24) is 10.2 Å². The fourth-order valence-corrected chi connectivity index (χ4v) is 5.82. The highest BCUT2D eigenvalue weighted by molar-refractivity contribution is 6.00. The molecule has 0 spiro atoms. The van der Waals surface area contributed by atoms with E-state index in [0.29, 0.717) is 5.56 Å². The SMILES string of the molecule is Cc1cc(-c2cc(C(N)=O)c3c(c2)-c2ccc(C4=CCNCC4)cc2C3)ccc1CN1CCOCC1. The molecule has 0 aromatic heterocycles. The number of carbonyl (C=O) groups is 1. The lowest BCUT2D eigenvalue weighted by Crippen LogP contribution is -2.35. The van der Waals surface area contributed by atoms with E-state index < -0.39 is 0 Å². The molecule has 1 saturated heterocycles. The highest BCUT2D eigenvalue weighted by Gasteiger charge is 2.25. The van der Waals surface area contributed by atoms with Crippen molar-refractivity contribution < 1.29 is 9.53 Å². The fraction of sp³-hybridized carbons (Fsp3) is 0.323. The van der Waals surface area contributed by atoms with Gasteiger partial charge in [-0.15, -0.1) is 0 Å². The molecule has 3 aromatic carbocycles. The number of fused-ring (bicyclic) bond motifs is 3. The molecule has 3 aliphatic rings. The Balaban J connectivity index is 1.35. The summed E-state index contributed by atoms with van der Waals surface area (Å²) >= 11 is 0. The summed E-state index contributed by atoms with van der Waals surface area (Å²) in [5.41, 5.74) is 18.7. The normalized spacial score (nSPS) is 17.4. The third-order valence-electron chi connectivity index (χ3n) is 7.89. The predicted octanol–water partition coefficient (Wildman–Crippen LogP) is 4.54. The first-order valence-corrected chi connectivity index (χ1v) is 13.0. The maximum Gasteiger partial charge on any atom is 0.249 e. The summed E-state index contributed by atoms with van der Waals surface area (Å²) in [7, 11) is 0. The second-order valence-corrected chi connectivity index (χ2v) is 10.2. The van der Waals surface area contributed by atoms with Crippen molar-refractivity contribution in [2.45, 2.75) is 26.3 Å². The van der Waals surface area contributed by atoms with Crippen LogP contribution in [0.25, 0.3) is 27.8 Å². The van der Waals surface area contributed by atoms with Crippen LogP contribution in [-0.4, -0.2) is 50.2 Å². The highest BCUT2D eigenvalue weighted by Crippen LogP contribution is 2.42. The van der Waals surface area contributed by atoms with E-state index in [2.05, 4.69) is 65.7 Å². The van der Waals surface area contributed by atoms with Gasteiger partial charge in [0.05, 0.1) is 13.2 Å². The van der Waals surface area contributed by atoms with E-state index in [1.165, 1.54) is 33.4 Å². The second kappa shape index (κ2) is 9.66. The van der Waals surface area contributed by atoms with Crippen molar-refractivity contribution in [3.63, 3.8) is 0 Å². The molecular weight excluding hydrogens is 446 g/mol. The lowest BCUT2D eigenvalue weighted by atomic mass is 9.92. The number of hydrogen-bond donors (Lipinski definition) is 2. The fourth-order valence-electron chi connectivity index (χ4n) is 5.82. The van der Waals surface area contributed by atoms with Crippen LogP contribution in [0.2, 0.25) is 0 Å². The zero-order valence-electron chi connectivity index (χ0n) is 20.9. The molecule has 0 bridgehead atoms. The number of amides is 1. The number of primary amides is 1. The topological polar surface area (TPSA) is 67.6 Å². The van der Waals surface area contributed by atoms with Crippen LogP contribution in [0.4, 0.5) is 0 Å². The zero-order valence-corrected chi connectivity index (χ0v) is 20.9. The van der Waals surface area contributed by atoms with E-state index in [0.717, 1.165) is 81.0 Å². The molecule has 3 N–H and O–H groups in total. The van der Waals surface area contributed by atoms with Gasteiger partial charge in [-0.25, -0.2) is 0 Å². The van der Waals surface area contributed by atoms with E-state index in [1.807, 2.05) is 6.07 Å². The Bertz CT molecular complexity index is 1370. The summed E-state index contributed by atoms with van der Waals surface area (Å²) in [6, 6.07) is 17.6. The van der Waals surface area contributed by atoms with Crippen molar-refractivity contribution in [3.8, 4) is 22.3 Å². The number of nitrogens with zero attached hydrogens (tertiary/aromatic N) is 1.